The normalized spacial score (nSPS) is 11.9. The maximum absolute atomic E-state index is 6.26. The summed E-state index contributed by atoms with van der Waals surface area (Å²) >= 11 is 1.62. The van der Waals surface area contributed by atoms with E-state index in [1.54, 1.807) is 17.7 Å². The van der Waals surface area contributed by atoms with Gasteiger partial charge in [0, 0.05) is 12.1 Å². The minimum atomic E-state index is -0.159. The van der Waals surface area contributed by atoms with E-state index in [-0.39, 0.29) is 5.54 Å². The van der Waals surface area contributed by atoms with E-state index in [1.165, 1.54) is 0 Å². The first-order chi connectivity index (χ1) is 8.18. The third-order valence-electron chi connectivity index (χ3n) is 3.28. The molecule has 0 bridgehead atoms. The monoisotopic (exact) mass is 250 g/mol. The second-order valence-electron chi connectivity index (χ2n) is 4.28. The van der Waals surface area contributed by atoms with Gasteiger partial charge in [0.1, 0.15) is 17.0 Å². The summed E-state index contributed by atoms with van der Waals surface area (Å²) in [6.07, 6.45) is 3.50. The minimum absolute atomic E-state index is 0.159. The molecule has 2 aromatic rings. The molecule has 2 rings (SSSR count). The molecule has 0 aliphatic rings. The van der Waals surface area contributed by atoms with Crippen molar-refractivity contribution in [2.45, 2.75) is 32.2 Å². The van der Waals surface area contributed by atoms with E-state index >= 15 is 0 Å². The molecule has 0 aliphatic carbocycles. The van der Waals surface area contributed by atoms with Crippen molar-refractivity contribution in [2.75, 3.05) is 11.9 Å². The van der Waals surface area contributed by atoms with Crippen molar-refractivity contribution in [2.24, 2.45) is 5.73 Å². The topological polar surface area (TPSA) is 63.8 Å². The molecule has 92 valence electrons. The van der Waals surface area contributed by atoms with Crippen LogP contribution in [0.1, 0.15) is 26.7 Å². The number of nitrogens with two attached hydrogens (primary N) is 1. The molecule has 0 fully saturated rings. The number of thiophene rings is 1. The molecule has 17 heavy (non-hydrogen) atoms. The van der Waals surface area contributed by atoms with Crippen molar-refractivity contribution in [1.82, 2.24) is 9.97 Å². The molecule has 3 N–H and O–H groups in total. The van der Waals surface area contributed by atoms with E-state index in [0.717, 1.165) is 35.4 Å². The summed E-state index contributed by atoms with van der Waals surface area (Å²) in [5.74, 6) is 0.882. The Hall–Kier alpha value is -1.20. The lowest BCUT2D eigenvalue weighted by Crippen LogP contribution is -2.45. The maximum atomic E-state index is 6.26. The highest BCUT2D eigenvalue weighted by Crippen LogP contribution is 2.24. The van der Waals surface area contributed by atoms with Crippen LogP contribution in [0.15, 0.2) is 17.8 Å². The molecule has 2 heterocycles. The molecule has 0 atom stereocenters. The first-order valence-electron chi connectivity index (χ1n) is 5.89. The van der Waals surface area contributed by atoms with Crippen LogP contribution in [0.5, 0.6) is 0 Å². The van der Waals surface area contributed by atoms with Gasteiger partial charge >= 0.3 is 0 Å². The lowest BCUT2D eigenvalue weighted by atomic mass is 9.94. The number of nitrogens with one attached hydrogen (secondary N) is 1. The molecular formula is C12H18N4S. The molecule has 2 aromatic heterocycles. The van der Waals surface area contributed by atoms with E-state index in [0.29, 0.717) is 0 Å². The van der Waals surface area contributed by atoms with Gasteiger partial charge in [0.15, 0.2) is 0 Å². The fraction of sp³-hybridized carbons (Fsp3) is 0.500. The van der Waals surface area contributed by atoms with E-state index in [1.807, 2.05) is 11.4 Å². The lowest BCUT2D eigenvalue weighted by molar-refractivity contribution is 0.418. The number of hydrogen-bond donors (Lipinski definition) is 2. The summed E-state index contributed by atoms with van der Waals surface area (Å²) in [6.45, 7) is 4.97. The fourth-order valence-electron chi connectivity index (χ4n) is 1.69. The Labute approximate surface area is 105 Å². The molecule has 0 amide bonds. The first-order valence-corrected chi connectivity index (χ1v) is 6.77. The third-order valence-corrected chi connectivity index (χ3v) is 4.10. The minimum Gasteiger partial charge on any atom is -0.368 e. The number of nitrogens with zero attached hydrogens (tertiary/aromatic N) is 2. The molecule has 0 saturated heterocycles. The van der Waals surface area contributed by atoms with Gasteiger partial charge in [-0.05, 0) is 24.3 Å². The van der Waals surface area contributed by atoms with Gasteiger partial charge in [-0.25, -0.2) is 9.97 Å². The summed E-state index contributed by atoms with van der Waals surface area (Å²) in [7, 11) is 0. The molecule has 0 spiro atoms. The van der Waals surface area contributed by atoms with E-state index in [9.17, 15) is 0 Å². The zero-order valence-electron chi connectivity index (χ0n) is 10.2. The van der Waals surface area contributed by atoms with Crippen molar-refractivity contribution < 1.29 is 0 Å². The first kappa shape index (κ1) is 12.3. The van der Waals surface area contributed by atoms with Crippen LogP contribution in [0, 0.1) is 0 Å². The van der Waals surface area contributed by atoms with E-state index in [2.05, 4.69) is 29.1 Å². The SMILES string of the molecule is CCC(N)(CC)CNc1ncnc2sccc12. The fourth-order valence-corrected chi connectivity index (χ4v) is 2.42. The number of hydrogen-bond acceptors (Lipinski definition) is 5. The van der Waals surface area contributed by atoms with Gasteiger partial charge in [0.05, 0.1) is 5.39 Å². The predicted octanol–water partition coefficient (Wildman–Crippen LogP) is 2.62. The summed E-state index contributed by atoms with van der Waals surface area (Å²) < 4.78 is 0. The van der Waals surface area contributed by atoms with Crippen LogP contribution >= 0.6 is 11.3 Å². The van der Waals surface area contributed by atoms with Crippen LogP contribution < -0.4 is 11.1 Å². The summed E-state index contributed by atoms with van der Waals surface area (Å²) in [6, 6.07) is 2.04. The molecule has 4 nitrogen and oxygen atoms in total. The van der Waals surface area contributed by atoms with Crippen LogP contribution in [-0.4, -0.2) is 22.1 Å². The maximum Gasteiger partial charge on any atom is 0.138 e. The lowest BCUT2D eigenvalue weighted by Gasteiger charge is -2.27. The predicted molar refractivity (Wildman–Crippen MR) is 73.4 cm³/mol. The van der Waals surface area contributed by atoms with Gasteiger partial charge in [-0.15, -0.1) is 11.3 Å². The summed E-state index contributed by atoms with van der Waals surface area (Å²) in [5, 5.41) is 6.45. The number of rotatable bonds is 5. The van der Waals surface area contributed by atoms with Crippen molar-refractivity contribution in [3.8, 4) is 0 Å². The Morgan fingerprint density at radius 2 is 2.12 bits per heavy atom. The molecule has 0 aromatic carbocycles. The molecule has 0 saturated carbocycles. The Bertz CT molecular complexity index is 490. The molecule has 5 heteroatoms. The number of anilines is 1. The average molecular weight is 250 g/mol. The van der Waals surface area contributed by atoms with Gasteiger partial charge < -0.3 is 11.1 Å². The second kappa shape index (κ2) is 4.98. The van der Waals surface area contributed by atoms with Crippen LogP contribution in [0.4, 0.5) is 5.82 Å². The van der Waals surface area contributed by atoms with Gasteiger partial charge in [0.25, 0.3) is 0 Å². The average Bonchev–Trinajstić information content (AvgIpc) is 2.84. The van der Waals surface area contributed by atoms with Crippen molar-refractivity contribution in [3.63, 3.8) is 0 Å². The quantitative estimate of drug-likeness (QED) is 0.856. The van der Waals surface area contributed by atoms with Crippen LogP contribution in [0.3, 0.4) is 0 Å². The molecule has 0 aliphatic heterocycles. The van der Waals surface area contributed by atoms with Crippen LogP contribution in [0.25, 0.3) is 10.2 Å². The van der Waals surface area contributed by atoms with Crippen LogP contribution in [0.2, 0.25) is 0 Å². The van der Waals surface area contributed by atoms with E-state index < -0.39 is 0 Å². The zero-order valence-corrected chi connectivity index (χ0v) is 11.0. The highest BCUT2D eigenvalue weighted by molar-refractivity contribution is 7.16. The number of aromatic nitrogens is 2. The highest BCUT2D eigenvalue weighted by atomic mass is 32.1. The van der Waals surface area contributed by atoms with Crippen molar-refractivity contribution in [3.05, 3.63) is 17.8 Å². The zero-order chi connectivity index (χ0) is 12.3. The second-order valence-corrected chi connectivity index (χ2v) is 5.18. The number of fused-ring (bicyclic) bond motifs is 1. The van der Waals surface area contributed by atoms with Crippen LogP contribution in [-0.2, 0) is 0 Å². The Morgan fingerprint density at radius 1 is 1.35 bits per heavy atom. The molecular weight excluding hydrogens is 232 g/mol. The standard InChI is InChI=1S/C12H18N4S/c1-3-12(13,4-2)7-14-10-9-5-6-17-11(9)16-8-15-10/h5-6,8H,3-4,7,13H2,1-2H3,(H,14,15,16). The van der Waals surface area contributed by atoms with E-state index in [4.69, 9.17) is 5.73 Å². The van der Waals surface area contributed by atoms with Gasteiger partial charge in [0.2, 0.25) is 0 Å². The summed E-state index contributed by atoms with van der Waals surface area (Å²) in [4.78, 5) is 9.51. The molecule has 0 unspecified atom stereocenters. The highest BCUT2D eigenvalue weighted by Gasteiger charge is 2.20. The Kier molecular flexibility index (Phi) is 3.59. The largest absolute Gasteiger partial charge is 0.368 e. The Morgan fingerprint density at radius 3 is 2.82 bits per heavy atom. The smallest absolute Gasteiger partial charge is 0.138 e. The summed E-state index contributed by atoms with van der Waals surface area (Å²) in [5.41, 5.74) is 6.10. The third kappa shape index (κ3) is 2.56. The van der Waals surface area contributed by atoms with Gasteiger partial charge in [-0.3, -0.25) is 0 Å². The van der Waals surface area contributed by atoms with Crippen molar-refractivity contribution in [1.29, 1.82) is 0 Å². The van der Waals surface area contributed by atoms with Gasteiger partial charge in [-0.1, -0.05) is 13.8 Å². The Balaban J connectivity index is 2.16. The van der Waals surface area contributed by atoms with Gasteiger partial charge in [-0.2, -0.15) is 0 Å². The van der Waals surface area contributed by atoms with Crippen molar-refractivity contribution >= 4 is 27.4 Å². The molecule has 0 radical (unpaired) electrons.